The lowest BCUT2D eigenvalue weighted by molar-refractivity contribution is -0.146. The van der Waals surface area contributed by atoms with Gasteiger partial charge in [-0.15, -0.1) is 0 Å². The van der Waals surface area contributed by atoms with Crippen LogP contribution in [0.1, 0.15) is 24.3 Å². The molecule has 0 aliphatic carbocycles. The molecule has 2 N–H and O–H groups in total. The van der Waals surface area contributed by atoms with Crippen LogP contribution in [-0.4, -0.2) is 52.3 Å². The lowest BCUT2D eigenvalue weighted by atomic mass is 9.81. The van der Waals surface area contributed by atoms with Gasteiger partial charge in [0.1, 0.15) is 11.5 Å². The third kappa shape index (κ3) is 5.16. The molecule has 4 rings (SSSR count). The van der Waals surface area contributed by atoms with Gasteiger partial charge in [0.25, 0.3) is 0 Å². The molecule has 0 saturated carbocycles. The van der Waals surface area contributed by atoms with Gasteiger partial charge in [-0.05, 0) is 42.7 Å². The Morgan fingerprint density at radius 2 is 1.46 bits per heavy atom. The van der Waals surface area contributed by atoms with Crippen LogP contribution in [0.4, 0.5) is 11.4 Å². The van der Waals surface area contributed by atoms with Gasteiger partial charge in [-0.1, -0.05) is 30.3 Å². The van der Waals surface area contributed by atoms with E-state index in [2.05, 4.69) is 11.0 Å². The van der Waals surface area contributed by atoms with Gasteiger partial charge in [-0.2, -0.15) is 5.26 Å². The highest BCUT2D eigenvalue weighted by Crippen LogP contribution is 2.43. The van der Waals surface area contributed by atoms with E-state index in [9.17, 15) is 19.6 Å². The Morgan fingerprint density at radius 1 is 0.872 bits per heavy atom. The quantitative estimate of drug-likeness (QED) is 0.439. The Morgan fingerprint density at radius 3 is 2.00 bits per heavy atom. The van der Waals surface area contributed by atoms with Gasteiger partial charge in [0.2, 0.25) is 0 Å². The summed E-state index contributed by atoms with van der Waals surface area (Å²) in [5, 5.41) is 10.2. The monoisotopic (exact) mass is 530 g/mol. The van der Waals surface area contributed by atoms with Crippen LogP contribution in [0.3, 0.4) is 0 Å². The van der Waals surface area contributed by atoms with Crippen molar-refractivity contribution in [2.24, 2.45) is 11.7 Å². The zero-order valence-corrected chi connectivity index (χ0v) is 22.0. The summed E-state index contributed by atoms with van der Waals surface area (Å²) in [4.78, 5) is 41.7. The Bertz CT molecular complexity index is 1350. The van der Waals surface area contributed by atoms with E-state index in [1.54, 1.807) is 42.5 Å². The van der Waals surface area contributed by atoms with E-state index in [4.69, 9.17) is 19.9 Å². The van der Waals surface area contributed by atoms with Crippen molar-refractivity contribution in [3.63, 3.8) is 0 Å². The smallest absolute Gasteiger partial charge is 0.355 e. The second kappa shape index (κ2) is 11.7. The van der Waals surface area contributed by atoms with Crippen LogP contribution in [0.15, 0.2) is 77.3 Å². The molecule has 0 aromatic heterocycles. The third-order valence-electron chi connectivity index (χ3n) is 7.11. The summed E-state index contributed by atoms with van der Waals surface area (Å²) in [6.07, 6.45) is 1.36. The van der Waals surface area contributed by atoms with Gasteiger partial charge in [-0.3, -0.25) is 9.69 Å². The van der Waals surface area contributed by atoms with Gasteiger partial charge < -0.3 is 24.8 Å². The number of esters is 3. The molecule has 1 unspecified atom stereocenters. The summed E-state index contributed by atoms with van der Waals surface area (Å²) in [7, 11) is 3.82. The lowest BCUT2D eigenvalue weighted by Crippen LogP contribution is -2.40. The molecule has 10 heteroatoms. The summed E-state index contributed by atoms with van der Waals surface area (Å²) in [6, 6.07) is 18.2. The van der Waals surface area contributed by atoms with Crippen molar-refractivity contribution >= 4 is 29.3 Å². The van der Waals surface area contributed by atoms with Crippen molar-refractivity contribution in [1.82, 2.24) is 0 Å². The van der Waals surface area contributed by atoms with E-state index in [0.29, 0.717) is 37.2 Å². The van der Waals surface area contributed by atoms with Crippen LogP contribution < -0.4 is 15.5 Å². The van der Waals surface area contributed by atoms with E-state index in [0.717, 1.165) is 5.69 Å². The summed E-state index contributed by atoms with van der Waals surface area (Å²) in [6.45, 7) is 1.37. The first kappa shape index (κ1) is 27.3. The van der Waals surface area contributed by atoms with Crippen LogP contribution in [0.5, 0.6) is 0 Å². The molecule has 1 fully saturated rings. The zero-order chi connectivity index (χ0) is 28.1. The van der Waals surface area contributed by atoms with E-state index in [1.807, 2.05) is 12.1 Å². The number of allylic oxidation sites excluding steroid dienone is 1. The molecule has 1 atom stereocenters. The fourth-order valence-corrected chi connectivity index (χ4v) is 5.13. The molecule has 0 amide bonds. The van der Waals surface area contributed by atoms with Crippen molar-refractivity contribution < 1.29 is 28.6 Å². The predicted octanol–water partition coefficient (Wildman–Crippen LogP) is 2.97. The largest absolute Gasteiger partial charge is 0.469 e. The zero-order valence-electron chi connectivity index (χ0n) is 22.0. The average molecular weight is 531 g/mol. The van der Waals surface area contributed by atoms with Crippen molar-refractivity contribution in [3.05, 3.63) is 82.8 Å². The molecule has 0 radical (unpaired) electrons. The van der Waals surface area contributed by atoms with E-state index < -0.39 is 17.9 Å². The second-order valence-electron chi connectivity index (χ2n) is 9.14. The molecule has 0 bridgehead atoms. The van der Waals surface area contributed by atoms with Crippen LogP contribution in [0.2, 0.25) is 0 Å². The summed E-state index contributed by atoms with van der Waals surface area (Å²) < 4.78 is 15.0. The molecule has 2 aliphatic rings. The topological polar surface area (TPSA) is 135 Å². The Labute approximate surface area is 226 Å². The number of hydrogen-bond acceptors (Lipinski definition) is 10. The molecule has 2 aromatic rings. The number of hydrogen-bond donors (Lipinski definition) is 1. The number of nitriles is 1. The lowest BCUT2D eigenvalue weighted by Gasteiger charge is -2.36. The van der Waals surface area contributed by atoms with E-state index in [1.165, 1.54) is 26.2 Å². The first-order valence-electron chi connectivity index (χ1n) is 12.4. The first-order chi connectivity index (χ1) is 18.9. The van der Waals surface area contributed by atoms with Crippen LogP contribution in [0, 0.1) is 17.2 Å². The Hall–Kier alpha value is -4.78. The fourth-order valence-electron chi connectivity index (χ4n) is 5.13. The number of nitrogens with zero attached hydrogens (tertiary/aromatic N) is 3. The maximum atomic E-state index is 13.2. The molecule has 39 heavy (non-hydrogen) atoms. The molecule has 2 aliphatic heterocycles. The molecular weight excluding hydrogens is 500 g/mol. The molecule has 10 nitrogen and oxygen atoms in total. The molecule has 1 saturated heterocycles. The number of anilines is 2. The minimum atomic E-state index is -0.927. The van der Waals surface area contributed by atoms with Gasteiger partial charge in [0.15, 0.2) is 0 Å². The Kier molecular flexibility index (Phi) is 8.20. The number of ether oxygens (including phenoxy) is 3. The van der Waals surface area contributed by atoms with Gasteiger partial charge >= 0.3 is 17.9 Å². The van der Waals surface area contributed by atoms with Crippen molar-refractivity contribution in [2.45, 2.75) is 18.8 Å². The number of carbonyl (C=O) groups is 3. The van der Waals surface area contributed by atoms with E-state index >= 15 is 0 Å². The van der Waals surface area contributed by atoms with Gasteiger partial charge in [0.05, 0.1) is 50.4 Å². The maximum Gasteiger partial charge on any atom is 0.355 e. The third-order valence-corrected chi connectivity index (χ3v) is 7.11. The predicted molar refractivity (Wildman–Crippen MR) is 143 cm³/mol. The van der Waals surface area contributed by atoms with Gasteiger partial charge in [-0.25, -0.2) is 9.59 Å². The van der Waals surface area contributed by atoms with Crippen LogP contribution >= 0.6 is 0 Å². The molecule has 202 valence electrons. The van der Waals surface area contributed by atoms with Gasteiger partial charge in [0, 0.05) is 24.5 Å². The van der Waals surface area contributed by atoms with E-state index in [-0.39, 0.29) is 34.6 Å². The van der Waals surface area contributed by atoms with Crippen molar-refractivity contribution in [1.29, 1.82) is 5.26 Å². The standard InChI is InChI=1S/C29H30N4O6/c1-37-27(34)19-13-15-32(16-14-19)20-9-11-21(12-10-20)33-25(29(36)39-3)24(28(35)38-2)23(22(17-30)26(33)31)18-7-5-4-6-8-18/h4-12,19,23H,13-16,31H2,1-3H3. The average Bonchev–Trinajstić information content (AvgIpc) is 2.99. The minimum absolute atomic E-state index is 0.00560. The normalized spacial score (nSPS) is 17.9. The SMILES string of the molecule is COC(=O)C1=C(C(=O)OC)N(c2ccc(N3CCC(C(=O)OC)CC3)cc2)C(N)=C(C#N)C1c1ccccc1. The molecule has 0 spiro atoms. The number of nitrogens with two attached hydrogens (primary N) is 1. The summed E-state index contributed by atoms with van der Waals surface area (Å²) in [5.74, 6) is -2.81. The molecule has 2 aromatic carbocycles. The number of piperidine rings is 1. The molecular formula is C29H30N4O6. The summed E-state index contributed by atoms with van der Waals surface area (Å²) >= 11 is 0. The fraction of sp³-hybridized carbons (Fsp3) is 0.310. The highest BCUT2D eigenvalue weighted by molar-refractivity contribution is 6.06. The first-order valence-corrected chi connectivity index (χ1v) is 12.4. The van der Waals surface area contributed by atoms with Crippen molar-refractivity contribution in [2.75, 3.05) is 44.2 Å². The van der Waals surface area contributed by atoms with Crippen LogP contribution in [0.25, 0.3) is 0 Å². The number of carbonyl (C=O) groups excluding carboxylic acids is 3. The highest BCUT2D eigenvalue weighted by atomic mass is 16.5. The maximum absolute atomic E-state index is 13.2. The minimum Gasteiger partial charge on any atom is -0.469 e. The summed E-state index contributed by atoms with van der Waals surface area (Å²) in [5.41, 5.74) is 8.46. The van der Waals surface area contributed by atoms with Crippen LogP contribution in [-0.2, 0) is 28.6 Å². The molecule has 2 heterocycles. The Balaban J connectivity index is 1.77. The number of benzene rings is 2. The van der Waals surface area contributed by atoms with Crippen molar-refractivity contribution in [3.8, 4) is 6.07 Å². The number of methoxy groups -OCH3 is 3. The number of rotatable bonds is 6. The second-order valence-corrected chi connectivity index (χ2v) is 9.14. The highest BCUT2D eigenvalue weighted by Gasteiger charge is 2.43.